The molecule has 2 N–H and O–H groups in total. The van der Waals surface area contributed by atoms with Gasteiger partial charge >= 0.3 is 0 Å². The van der Waals surface area contributed by atoms with Crippen molar-refractivity contribution in [3.63, 3.8) is 0 Å². The molecule has 1 amide bonds. The van der Waals surface area contributed by atoms with E-state index in [0.29, 0.717) is 73.6 Å². The molecule has 0 bridgehead atoms. The van der Waals surface area contributed by atoms with Gasteiger partial charge in [-0.15, -0.1) is 11.3 Å². The molecule has 0 aromatic carbocycles. The van der Waals surface area contributed by atoms with Crippen LogP contribution in [0.15, 0.2) is 36.9 Å². The van der Waals surface area contributed by atoms with E-state index in [1.807, 2.05) is 6.92 Å². The van der Waals surface area contributed by atoms with Gasteiger partial charge in [-0.05, 0) is 45.7 Å². The van der Waals surface area contributed by atoms with E-state index in [0.717, 1.165) is 0 Å². The Bertz CT molecular complexity index is 1460. The third kappa shape index (κ3) is 6.74. The zero-order chi connectivity index (χ0) is 28.3. The third-order valence-electron chi connectivity index (χ3n) is 6.74. The number of nitrogens with one attached hydrogen (secondary N) is 2. The molecular formula is C26H33N7O5S2. The Balaban J connectivity index is 1.38. The summed E-state index contributed by atoms with van der Waals surface area (Å²) in [7, 11) is -3.45. The summed E-state index contributed by atoms with van der Waals surface area (Å²) in [4.78, 5) is 33.8. The molecule has 2 fully saturated rings. The van der Waals surface area contributed by atoms with Gasteiger partial charge < -0.3 is 14.8 Å². The third-order valence-corrected chi connectivity index (χ3v) is 9.63. The molecule has 1 aliphatic carbocycles. The van der Waals surface area contributed by atoms with Gasteiger partial charge in [-0.1, -0.05) is 0 Å². The SMILES string of the molecule is CCOc1cncc(-c2cnc(C(=O)NC(CN3CCOCC3(C)C)c3cc(NS(=O)(=O)C4CC4)ccn3)s2)n1. The Morgan fingerprint density at radius 3 is 2.85 bits per heavy atom. The fourth-order valence-electron chi connectivity index (χ4n) is 4.39. The zero-order valence-electron chi connectivity index (χ0n) is 22.7. The van der Waals surface area contributed by atoms with Gasteiger partial charge in [0.1, 0.15) is 5.69 Å². The maximum absolute atomic E-state index is 13.5. The van der Waals surface area contributed by atoms with Crippen LogP contribution in [0.25, 0.3) is 10.6 Å². The van der Waals surface area contributed by atoms with Crippen LogP contribution in [0, 0.1) is 0 Å². The molecule has 12 nitrogen and oxygen atoms in total. The molecule has 1 atom stereocenters. The van der Waals surface area contributed by atoms with Crippen molar-refractivity contribution < 1.29 is 22.7 Å². The maximum atomic E-state index is 13.5. The van der Waals surface area contributed by atoms with Crippen LogP contribution >= 0.6 is 11.3 Å². The fraction of sp³-hybridized carbons (Fsp3) is 0.500. The molecule has 0 radical (unpaired) electrons. The van der Waals surface area contributed by atoms with Crippen molar-refractivity contribution in [3.8, 4) is 16.5 Å². The highest BCUT2D eigenvalue weighted by atomic mass is 32.2. The number of pyridine rings is 1. The summed E-state index contributed by atoms with van der Waals surface area (Å²) >= 11 is 1.20. The second-order valence-corrected chi connectivity index (χ2v) is 13.3. The molecule has 3 aromatic heterocycles. The molecule has 1 unspecified atom stereocenters. The molecule has 0 spiro atoms. The quantitative estimate of drug-likeness (QED) is 0.343. The minimum atomic E-state index is -3.45. The highest BCUT2D eigenvalue weighted by molar-refractivity contribution is 7.93. The average Bonchev–Trinajstić information content (AvgIpc) is 3.67. The summed E-state index contributed by atoms with van der Waals surface area (Å²) in [6, 6.07) is 2.76. The lowest BCUT2D eigenvalue weighted by Crippen LogP contribution is -2.55. The number of carbonyl (C=O) groups is 1. The van der Waals surface area contributed by atoms with Crippen molar-refractivity contribution in [2.24, 2.45) is 0 Å². The van der Waals surface area contributed by atoms with Gasteiger partial charge in [0.2, 0.25) is 15.9 Å². The van der Waals surface area contributed by atoms with Gasteiger partial charge in [-0.2, -0.15) is 0 Å². The van der Waals surface area contributed by atoms with Crippen LogP contribution in [0.3, 0.4) is 0 Å². The number of hydrogen-bond donors (Lipinski definition) is 2. The zero-order valence-corrected chi connectivity index (χ0v) is 24.3. The number of aromatic nitrogens is 4. The lowest BCUT2D eigenvalue weighted by Gasteiger charge is -2.43. The van der Waals surface area contributed by atoms with Crippen molar-refractivity contribution in [1.82, 2.24) is 30.2 Å². The van der Waals surface area contributed by atoms with Crippen LogP contribution in [0.5, 0.6) is 5.88 Å². The van der Waals surface area contributed by atoms with Gasteiger partial charge in [-0.25, -0.2) is 18.4 Å². The van der Waals surface area contributed by atoms with E-state index in [2.05, 4.69) is 48.7 Å². The van der Waals surface area contributed by atoms with Gasteiger partial charge in [0, 0.05) is 31.0 Å². The number of thiazole rings is 1. The molecule has 1 saturated carbocycles. The number of hydrogen-bond acceptors (Lipinski definition) is 11. The number of rotatable bonds is 11. The standard InChI is InChI=1S/C26H33N7O5S2/c1-4-38-23-14-27-12-20(30-23)22-13-29-25(39-22)24(34)31-21(15-33-9-10-37-16-26(33,2)3)19-11-17(7-8-28-19)32-40(35,36)18-5-6-18/h7-8,11-14,18,21H,4-6,9-10,15-16H2,1-3H3,(H,28,32)(H,31,34). The molecule has 5 rings (SSSR count). The highest BCUT2D eigenvalue weighted by Crippen LogP contribution is 2.31. The monoisotopic (exact) mass is 587 g/mol. The average molecular weight is 588 g/mol. The molecule has 1 saturated heterocycles. The number of carbonyl (C=O) groups excluding carboxylic acids is 1. The first-order chi connectivity index (χ1) is 19.1. The Labute approximate surface area is 237 Å². The summed E-state index contributed by atoms with van der Waals surface area (Å²) < 4.78 is 38.9. The van der Waals surface area contributed by atoms with E-state index in [4.69, 9.17) is 9.47 Å². The van der Waals surface area contributed by atoms with E-state index >= 15 is 0 Å². The Hall–Kier alpha value is -3.20. The molecular weight excluding hydrogens is 554 g/mol. The number of ether oxygens (including phenoxy) is 2. The number of amides is 1. The maximum Gasteiger partial charge on any atom is 0.280 e. The smallest absolute Gasteiger partial charge is 0.280 e. The molecule has 1 aliphatic heterocycles. The van der Waals surface area contributed by atoms with Gasteiger partial charge in [0.15, 0.2) is 5.01 Å². The van der Waals surface area contributed by atoms with Crippen LogP contribution in [-0.2, 0) is 14.8 Å². The Kier molecular flexibility index (Phi) is 8.31. The highest BCUT2D eigenvalue weighted by Gasteiger charge is 2.36. The molecule has 40 heavy (non-hydrogen) atoms. The first-order valence-corrected chi connectivity index (χ1v) is 15.5. The van der Waals surface area contributed by atoms with E-state index in [-0.39, 0.29) is 21.7 Å². The van der Waals surface area contributed by atoms with Crippen molar-refractivity contribution in [2.75, 3.05) is 37.6 Å². The van der Waals surface area contributed by atoms with Crippen LogP contribution in [0.4, 0.5) is 5.69 Å². The molecule has 214 valence electrons. The van der Waals surface area contributed by atoms with Crippen molar-refractivity contribution in [2.45, 2.75) is 50.4 Å². The fourth-order valence-corrected chi connectivity index (χ4v) is 6.55. The Morgan fingerprint density at radius 1 is 1.27 bits per heavy atom. The normalized spacial score (nSPS) is 18.2. The van der Waals surface area contributed by atoms with Crippen molar-refractivity contribution in [1.29, 1.82) is 0 Å². The van der Waals surface area contributed by atoms with Crippen molar-refractivity contribution in [3.05, 3.63) is 47.6 Å². The second kappa shape index (κ2) is 11.7. The first-order valence-electron chi connectivity index (χ1n) is 13.2. The van der Waals surface area contributed by atoms with Crippen LogP contribution < -0.4 is 14.8 Å². The van der Waals surface area contributed by atoms with E-state index in [1.54, 1.807) is 30.7 Å². The summed E-state index contributed by atoms with van der Waals surface area (Å²) in [6.07, 6.45) is 7.59. The summed E-state index contributed by atoms with van der Waals surface area (Å²) in [5.41, 5.74) is 1.26. The number of sulfonamides is 1. The minimum absolute atomic E-state index is 0.259. The van der Waals surface area contributed by atoms with E-state index in [1.165, 1.54) is 17.5 Å². The summed E-state index contributed by atoms with van der Waals surface area (Å²) in [5, 5.41) is 2.99. The largest absolute Gasteiger partial charge is 0.477 e. The molecule has 14 heteroatoms. The lowest BCUT2D eigenvalue weighted by atomic mass is 10.0. The lowest BCUT2D eigenvalue weighted by molar-refractivity contribution is -0.0544. The van der Waals surface area contributed by atoms with E-state index in [9.17, 15) is 13.2 Å². The summed E-state index contributed by atoms with van der Waals surface area (Å²) in [5.74, 6) is 0.0304. The second-order valence-electron chi connectivity index (χ2n) is 10.4. The predicted molar refractivity (Wildman–Crippen MR) is 151 cm³/mol. The van der Waals surface area contributed by atoms with Crippen molar-refractivity contribution >= 4 is 33.0 Å². The number of nitrogens with zero attached hydrogens (tertiary/aromatic N) is 5. The Morgan fingerprint density at radius 2 is 2.10 bits per heavy atom. The van der Waals surface area contributed by atoms with Gasteiger partial charge in [0.25, 0.3) is 5.91 Å². The number of morpholine rings is 1. The molecule has 2 aliphatic rings. The number of anilines is 1. The molecule has 3 aromatic rings. The first kappa shape index (κ1) is 28.3. The topological polar surface area (TPSA) is 149 Å². The van der Waals surface area contributed by atoms with Gasteiger partial charge in [0.05, 0.1) is 59.8 Å². The van der Waals surface area contributed by atoms with Crippen LogP contribution in [0.1, 0.15) is 55.2 Å². The summed E-state index contributed by atoms with van der Waals surface area (Å²) in [6.45, 7) is 8.78. The van der Waals surface area contributed by atoms with Crippen LogP contribution in [0.2, 0.25) is 0 Å². The molecule has 4 heterocycles. The van der Waals surface area contributed by atoms with E-state index < -0.39 is 16.1 Å². The van der Waals surface area contributed by atoms with Gasteiger partial charge in [-0.3, -0.25) is 24.4 Å². The van der Waals surface area contributed by atoms with Crippen LogP contribution in [-0.4, -0.2) is 82.9 Å². The minimum Gasteiger partial charge on any atom is -0.477 e. The predicted octanol–water partition coefficient (Wildman–Crippen LogP) is 2.88.